The van der Waals surface area contributed by atoms with Gasteiger partial charge in [-0.25, -0.2) is 0 Å². The lowest BCUT2D eigenvalue weighted by molar-refractivity contribution is 0.157. The first kappa shape index (κ1) is 7.15. The molecule has 3 heteroatoms. The molecule has 0 N–H and O–H groups in total. The molecule has 0 aliphatic carbocycles. The third kappa shape index (κ3) is 1.51. The predicted octanol–water partition coefficient (Wildman–Crippen LogP) is 1.43. The molecule has 0 saturated heterocycles. The van der Waals surface area contributed by atoms with Gasteiger partial charge in [-0.1, -0.05) is 0 Å². The minimum Gasteiger partial charge on any atom is -0.468 e. The highest BCUT2D eigenvalue weighted by Crippen LogP contribution is 2.15. The maximum absolute atomic E-state index is 5.13. The van der Waals surface area contributed by atoms with E-state index in [-0.39, 0.29) is 0 Å². The summed E-state index contributed by atoms with van der Waals surface area (Å²) in [5.74, 6) is 1.30. The van der Waals surface area contributed by atoms with Crippen LogP contribution in [0.4, 0.5) is 0 Å². The summed E-state index contributed by atoms with van der Waals surface area (Å²) in [6, 6.07) is 3.58. The predicted molar refractivity (Wildman–Crippen MR) is 36.0 cm³/mol. The van der Waals surface area contributed by atoms with E-state index < -0.39 is 0 Å². The summed E-state index contributed by atoms with van der Waals surface area (Å²) in [6.07, 6.45) is 0. The zero-order valence-corrected chi connectivity index (χ0v) is 6.09. The lowest BCUT2D eigenvalue weighted by Crippen LogP contribution is -1.82. The van der Waals surface area contributed by atoms with E-state index in [0.29, 0.717) is 12.6 Å². The molecular formula is C7H10O3. The second-order valence-electron chi connectivity index (χ2n) is 1.86. The first-order valence-electron chi connectivity index (χ1n) is 2.98. The molecular weight excluding hydrogens is 132 g/mol. The number of rotatable bonds is 3. The summed E-state index contributed by atoms with van der Waals surface area (Å²) in [4.78, 5) is 0. The third-order valence-electron chi connectivity index (χ3n) is 1.12. The Balaban J connectivity index is 2.59. The van der Waals surface area contributed by atoms with Crippen LogP contribution in [-0.2, 0) is 11.3 Å². The van der Waals surface area contributed by atoms with Gasteiger partial charge in [-0.2, -0.15) is 0 Å². The summed E-state index contributed by atoms with van der Waals surface area (Å²) in [6.45, 7) is 0.489. The van der Waals surface area contributed by atoms with E-state index in [9.17, 15) is 0 Å². The van der Waals surface area contributed by atoms with E-state index in [1.54, 1.807) is 20.3 Å². The first-order valence-corrected chi connectivity index (χ1v) is 2.98. The molecule has 10 heavy (non-hydrogen) atoms. The van der Waals surface area contributed by atoms with E-state index in [4.69, 9.17) is 13.9 Å². The normalized spacial score (nSPS) is 9.80. The van der Waals surface area contributed by atoms with Crippen molar-refractivity contribution in [1.82, 2.24) is 0 Å². The molecule has 1 aromatic rings. The van der Waals surface area contributed by atoms with Crippen LogP contribution in [0.15, 0.2) is 16.5 Å². The van der Waals surface area contributed by atoms with E-state index in [1.807, 2.05) is 6.07 Å². The van der Waals surface area contributed by atoms with Crippen LogP contribution in [0.2, 0.25) is 0 Å². The summed E-state index contributed by atoms with van der Waals surface area (Å²) >= 11 is 0. The molecule has 0 fully saturated rings. The summed E-state index contributed by atoms with van der Waals surface area (Å²) in [7, 11) is 3.18. The Morgan fingerprint density at radius 1 is 1.40 bits per heavy atom. The molecule has 0 atom stereocenters. The van der Waals surface area contributed by atoms with Crippen molar-refractivity contribution in [3.05, 3.63) is 17.9 Å². The minimum atomic E-state index is 0.489. The van der Waals surface area contributed by atoms with Gasteiger partial charge in [-0.05, 0) is 6.07 Å². The molecule has 0 bridgehead atoms. The van der Waals surface area contributed by atoms with Crippen LogP contribution in [0, 0.1) is 0 Å². The highest BCUT2D eigenvalue weighted by atomic mass is 16.6. The average Bonchev–Trinajstić information content (AvgIpc) is 2.37. The van der Waals surface area contributed by atoms with Crippen LogP contribution >= 0.6 is 0 Å². The molecule has 56 valence electrons. The van der Waals surface area contributed by atoms with Crippen molar-refractivity contribution in [3.8, 4) is 5.95 Å². The Morgan fingerprint density at radius 2 is 2.20 bits per heavy atom. The zero-order chi connectivity index (χ0) is 7.40. The van der Waals surface area contributed by atoms with Gasteiger partial charge in [-0.15, -0.1) is 0 Å². The summed E-state index contributed by atoms with van der Waals surface area (Å²) in [5.41, 5.74) is 0. The summed E-state index contributed by atoms with van der Waals surface area (Å²) < 4.78 is 14.8. The minimum absolute atomic E-state index is 0.489. The van der Waals surface area contributed by atoms with E-state index >= 15 is 0 Å². The van der Waals surface area contributed by atoms with Gasteiger partial charge in [0, 0.05) is 13.2 Å². The second kappa shape index (κ2) is 3.27. The van der Waals surface area contributed by atoms with Gasteiger partial charge in [0.2, 0.25) is 0 Å². The van der Waals surface area contributed by atoms with Gasteiger partial charge >= 0.3 is 0 Å². The molecule has 0 aliphatic heterocycles. The van der Waals surface area contributed by atoms with Crippen molar-refractivity contribution in [3.63, 3.8) is 0 Å². The molecule has 0 aromatic carbocycles. The molecule has 1 aromatic heterocycles. The second-order valence-corrected chi connectivity index (χ2v) is 1.86. The Labute approximate surface area is 59.5 Å². The highest BCUT2D eigenvalue weighted by Gasteiger charge is 1.98. The largest absolute Gasteiger partial charge is 0.468 e. The molecule has 0 radical (unpaired) electrons. The standard InChI is InChI=1S/C7H10O3/c1-8-5-6-3-4-7(9-2)10-6/h3-4H,5H2,1-2H3. The molecule has 1 rings (SSSR count). The number of hydrogen-bond donors (Lipinski definition) is 0. The quantitative estimate of drug-likeness (QED) is 0.639. The Bertz CT molecular complexity index is 192. The third-order valence-corrected chi connectivity index (χ3v) is 1.12. The molecule has 0 amide bonds. The van der Waals surface area contributed by atoms with Crippen molar-refractivity contribution in [2.24, 2.45) is 0 Å². The van der Waals surface area contributed by atoms with E-state index in [1.165, 1.54) is 0 Å². The monoisotopic (exact) mass is 142 g/mol. The molecule has 0 saturated carbocycles. The average molecular weight is 142 g/mol. The van der Waals surface area contributed by atoms with E-state index in [0.717, 1.165) is 5.76 Å². The Hall–Kier alpha value is -0.960. The van der Waals surface area contributed by atoms with Crippen molar-refractivity contribution in [2.45, 2.75) is 6.61 Å². The zero-order valence-electron chi connectivity index (χ0n) is 6.09. The van der Waals surface area contributed by atoms with Crippen molar-refractivity contribution < 1.29 is 13.9 Å². The van der Waals surface area contributed by atoms with Crippen LogP contribution in [0.25, 0.3) is 0 Å². The summed E-state index contributed by atoms with van der Waals surface area (Å²) in [5, 5.41) is 0. The lowest BCUT2D eigenvalue weighted by Gasteiger charge is -1.92. The smallest absolute Gasteiger partial charge is 0.284 e. The fraction of sp³-hybridized carbons (Fsp3) is 0.429. The highest BCUT2D eigenvalue weighted by molar-refractivity contribution is 5.10. The molecule has 3 nitrogen and oxygen atoms in total. The van der Waals surface area contributed by atoms with Crippen LogP contribution < -0.4 is 4.74 Å². The van der Waals surface area contributed by atoms with Gasteiger partial charge < -0.3 is 13.9 Å². The lowest BCUT2D eigenvalue weighted by atomic mass is 10.5. The first-order chi connectivity index (χ1) is 4.86. The number of ether oxygens (including phenoxy) is 2. The number of furan rings is 1. The number of methoxy groups -OCH3 is 2. The van der Waals surface area contributed by atoms with Crippen molar-refractivity contribution in [2.75, 3.05) is 14.2 Å². The fourth-order valence-corrected chi connectivity index (χ4v) is 0.688. The topological polar surface area (TPSA) is 31.6 Å². The Morgan fingerprint density at radius 3 is 2.70 bits per heavy atom. The van der Waals surface area contributed by atoms with Crippen LogP contribution in [0.5, 0.6) is 5.95 Å². The molecule has 0 aliphatic rings. The van der Waals surface area contributed by atoms with Crippen LogP contribution in [0.1, 0.15) is 5.76 Å². The van der Waals surface area contributed by atoms with Gasteiger partial charge in [0.15, 0.2) is 0 Å². The van der Waals surface area contributed by atoms with Gasteiger partial charge in [0.1, 0.15) is 12.4 Å². The maximum atomic E-state index is 5.13. The SMILES string of the molecule is COCc1ccc(OC)o1. The maximum Gasteiger partial charge on any atom is 0.284 e. The van der Waals surface area contributed by atoms with Crippen molar-refractivity contribution >= 4 is 0 Å². The van der Waals surface area contributed by atoms with Crippen LogP contribution in [-0.4, -0.2) is 14.2 Å². The van der Waals surface area contributed by atoms with Gasteiger partial charge in [0.25, 0.3) is 5.95 Å². The van der Waals surface area contributed by atoms with Gasteiger partial charge in [0.05, 0.1) is 7.11 Å². The molecule has 1 heterocycles. The number of hydrogen-bond acceptors (Lipinski definition) is 3. The van der Waals surface area contributed by atoms with Crippen LogP contribution in [0.3, 0.4) is 0 Å². The van der Waals surface area contributed by atoms with E-state index in [2.05, 4.69) is 0 Å². The molecule has 0 unspecified atom stereocenters. The fourth-order valence-electron chi connectivity index (χ4n) is 0.688. The van der Waals surface area contributed by atoms with Crippen molar-refractivity contribution in [1.29, 1.82) is 0 Å². The molecule has 0 spiro atoms. The van der Waals surface area contributed by atoms with Gasteiger partial charge in [-0.3, -0.25) is 0 Å². The Kier molecular flexibility index (Phi) is 2.34.